The maximum Gasteiger partial charge on any atom is 0.103 e. The van der Waals surface area contributed by atoms with Crippen LogP contribution in [0.25, 0.3) is 0 Å². The van der Waals surface area contributed by atoms with Gasteiger partial charge in [-0.15, -0.1) is 0 Å². The molecule has 0 aliphatic carbocycles. The van der Waals surface area contributed by atoms with Gasteiger partial charge in [0, 0.05) is 18.5 Å². The molecule has 0 saturated carbocycles. The zero-order chi connectivity index (χ0) is 14.2. The van der Waals surface area contributed by atoms with Crippen molar-refractivity contribution in [2.24, 2.45) is 0 Å². The van der Waals surface area contributed by atoms with Gasteiger partial charge in [0.1, 0.15) is 5.76 Å². The number of rotatable bonds is 8. The van der Waals surface area contributed by atoms with Gasteiger partial charge in [-0.1, -0.05) is 30.3 Å². The van der Waals surface area contributed by atoms with Crippen molar-refractivity contribution >= 4 is 0 Å². The summed E-state index contributed by atoms with van der Waals surface area (Å²) >= 11 is 0. The molecule has 0 bridgehead atoms. The fourth-order valence-electron chi connectivity index (χ4n) is 2.37. The van der Waals surface area contributed by atoms with E-state index in [2.05, 4.69) is 24.4 Å². The highest BCUT2D eigenvalue weighted by Gasteiger charge is 2.12. The smallest absolute Gasteiger partial charge is 0.103 e. The maximum atomic E-state index is 9.51. The predicted molar refractivity (Wildman–Crippen MR) is 80.6 cm³/mol. The van der Waals surface area contributed by atoms with Crippen molar-refractivity contribution < 1.29 is 9.52 Å². The van der Waals surface area contributed by atoms with Crippen LogP contribution in [0.1, 0.15) is 24.7 Å². The monoisotopic (exact) mass is 273 g/mol. The van der Waals surface area contributed by atoms with Crippen LogP contribution in [0.3, 0.4) is 0 Å². The van der Waals surface area contributed by atoms with Crippen LogP contribution in [-0.4, -0.2) is 23.8 Å². The van der Waals surface area contributed by atoms with Crippen molar-refractivity contribution in [3.05, 3.63) is 60.1 Å². The Kier molecular flexibility index (Phi) is 5.84. The quantitative estimate of drug-likeness (QED) is 0.777. The number of benzene rings is 1. The molecule has 2 atom stereocenters. The minimum absolute atomic E-state index is 0.101. The predicted octanol–water partition coefficient (Wildman–Crippen LogP) is 2.79. The van der Waals surface area contributed by atoms with Crippen LogP contribution in [0, 0.1) is 0 Å². The van der Waals surface area contributed by atoms with E-state index in [9.17, 15) is 5.11 Å². The molecule has 0 fully saturated rings. The van der Waals surface area contributed by atoms with Crippen molar-refractivity contribution in [2.75, 3.05) is 6.61 Å². The van der Waals surface area contributed by atoms with Crippen molar-refractivity contribution in [1.82, 2.24) is 5.32 Å². The highest BCUT2D eigenvalue weighted by Crippen LogP contribution is 2.08. The standard InChI is InChI=1S/C17H23NO2/c1-14(9-10-17-8-5-11-20-17)18-16(13-19)12-15-6-3-2-4-7-15/h2-8,11,14,16,18-19H,9-10,12-13H2,1H3/t14?,16-/m0/s1. The van der Waals surface area contributed by atoms with Gasteiger partial charge in [-0.25, -0.2) is 0 Å². The van der Waals surface area contributed by atoms with E-state index in [1.165, 1.54) is 5.56 Å². The van der Waals surface area contributed by atoms with Gasteiger partial charge in [-0.3, -0.25) is 0 Å². The zero-order valence-corrected chi connectivity index (χ0v) is 12.0. The highest BCUT2D eigenvalue weighted by atomic mass is 16.3. The van der Waals surface area contributed by atoms with Crippen LogP contribution < -0.4 is 5.32 Å². The normalized spacial score (nSPS) is 14.1. The average molecular weight is 273 g/mol. The molecule has 108 valence electrons. The fraction of sp³-hybridized carbons (Fsp3) is 0.412. The molecule has 2 N–H and O–H groups in total. The van der Waals surface area contributed by atoms with Gasteiger partial charge >= 0.3 is 0 Å². The van der Waals surface area contributed by atoms with Crippen LogP contribution in [0.4, 0.5) is 0 Å². The molecule has 1 aromatic carbocycles. The Hall–Kier alpha value is -1.58. The third-order valence-corrected chi connectivity index (χ3v) is 3.47. The van der Waals surface area contributed by atoms with Gasteiger partial charge in [-0.2, -0.15) is 0 Å². The zero-order valence-electron chi connectivity index (χ0n) is 12.0. The molecule has 3 nitrogen and oxygen atoms in total. The van der Waals surface area contributed by atoms with Gasteiger partial charge in [0.25, 0.3) is 0 Å². The van der Waals surface area contributed by atoms with Crippen molar-refractivity contribution in [1.29, 1.82) is 0 Å². The summed E-state index contributed by atoms with van der Waals surface area (Å²) in [5.74, 6) is 1.02. The summed E-state index contributed by atoms with van der Waals surface area (Å²) in [6.45, 7) is 2.30. The summed E-state index contributed by atoms with van der Waals surface area (Å²) in [5, 5.41) is 13.0. The molecule has 0 saturated heterocycles. The fourth-order valence-corrected chi connectivity index (χ4v) is 2.37. The summed E-state index contributed by atoms with van der Waals surface area (Å²) in [5.41, 5.74) is 1.25. The molecule has 20 heavy (non-hydrogen) atoms. The van der Waals surface area contributed by atoms with Crippen LogP contribution in [0.2, 0.25) is 0 Å². The average Bonchev–Trinajstić information content (AvgIpc) is 2.99. The Morgan fingerprint density at radius 3 is 2.60 bits per heavy atom. The van der Waals surface area contributed by atoms with Crippen molar-refractivity contribution in [3.63, 3.8) is 0 Å². The van der Waals surface area contributed by atoms with E-state index in [4.69, 9.17) is 4.42 Å². The van der Waals surface area contributed by atoms with Crippen LogP contribution >= 0.6 is 0 Å². The molecule has 1 heterocycles. The van der Waals surface area contributed by atoms with Gasteiger partial charge in [0.2, 0.25) is 0 Å². The molecule has 0 aliphatic rings. The molecule has 1 unspecified atom stereocenters. The summed E-state index contributed by atoms with van der Waals surface area (Å²) in [7, 11) is 0. The molecule has 0 radical (unpaired) electrons. The Morgan fingerprint density at radius 1 is 1.15 bits per heavy atom. The second-order valence-corrected chi connectivity index (χ2v) is 5.25. The first-order chi connectivity index (χ1) is 9.78. The SMILES string of the molecule is CC(CCc1ccco1)N[C@H](CO)Cc1ccccc1. The second-order valence-electron chi connectivity index (χ2n) is 5.25. The summed E-state index contributed by atoms with van der Waals surface area (Å²) in [6, 6.07) is 14.6. The largest absolute Gasteiger partial charge is 0.469 e. The lowest BCUT2D eigenvalue weighted by atomic mass is 10.0. The summed E-state index contributed by atoms with van der Waals surface area (Å²) in [4.78, 5) is 0. The Morgan fingerprint density at radius 2 is 1.95 bits per heavy atom. The first-order valence-corrected chi connectivity index (χ1v) is 7.21. The van der Waals surface area contributed by atoms with E-state index >= 15 is 0 Å². The van der Waals surface area contributed by atoms with E-state index < -0.39 is 0 Å². The van der Waals surface area contributed by atoms with E-state index in [1.807, 2.05) is 30.3 Å². The number of furan rings is 1. The second kappa shape index (κ2) is 7.88. The minimum atomic E-state index is 0.101. The Bertz CT molecular complexity index is 467. The molecule has 0 amide bonds. The number of aliphatic hydroxyl groups is 1. The first-order valence-electron chi connectivity index (χ1n) is 7.21. The molecular formula is C17H23NO2. The van der Waals surface area contributed by atoms with Crippen LogP contribution in [0.15, 0.2) is 53.1 Å². The van der Waals surface area contributed by atoms with E-state index in [0.717, 1.165) is 25.0 Å². The summed E-state index contributed by atoms with van der Waals surface area (Å²) < 4.78 is 5.33. The maximum absolute atomic E-state index is 9.51. The third-order valence-electron chi connectivity index (χ3n) is 3.47. The lowest BCUT2D eigenvalue weighted by Crippen LogP contribution is -2.40. The molecule has 2 rings (SSSR count). The number of hydrogen-bond acceptors (Lipinski definition) is 3. The van der Waals surface area contributed by atoms with E-state index in [1.54, 1.807) is 6.26 Å². The number of hydrogen-bond donors (Lipinski definition) is 2. The van der Waals surface area contributed by atoms with Gasteiger partial charge < -0.3 is 14.8 Å². The van der Waals surface area contributed by atoms with Crippen molar-refractivity contribution in [2.45, 2.75) is 38.3 Å². The molecule has 1 aromatic heterocycles. The van der Waals surface area contributed by atoms with E-state index in [0.29, 0.717) is 6.04 Å². The molecular weight excluding hydrogens is 250 g/mol. The Balaban J connectivity index is 1.77. The number of nitrogens with one attached hydrogen (secondary N) is 1. The summed E-state index contributed by atoms with van der Waals surface area (Å²) in [6.07, 6.45) is 4.48. The molecule has 2 aromatic rings. The van der Waals surface area contributed by atoms with Gasteiger partial charge in [0.05, 0.1) is 12.9 Å². The Labute approximate surface area is 120 Å². The molecule has 3 heteroatoms. The van der Waals surface area contributed by atoms with Crippen molar-refractivity contribution in [3.8, 4) is 0 Å². The van der Waals surface area contributed by atoms with Gasteiger partial charge in [-0.05, 0) is 37.5 Å². The minimum Gasteiger partial charge on any atom is -0.469 e. The highest BCUT2D eigenvalue weighted by molar-refractivity contribution is 5.16. The van der Waals surface area contributed by atoms with Gasteiger partial charge in [0.15, 0.2) is 0 Å². The van der Waals surface area contributed by atoms with E-state index in [-0.39, 0.29) is 12.6 Å². The van der Waals surface area contributed by atoms with Crippen LogP contribution in [-0.2, 0) is 12.8 Å². The topological polar surface area (TPSA) is 45.4 Å². The number of aryl methyl sites for hydroxylation is 1. The first kappa shape index (κ1) is 14.8. The number of aliphatic hydroxyl groups excluding tert-OH is 1. The molecule has 0 aliphatic heterocycles. The third kappa shape index (κ3) is 4.83. The lowest BCUT2D eigenvalue weighted by Gasteiger charge is -2.21. The van der Waals surface area contributed by atoms with Crippen LogP contribution in [0.5, 0.6) is 0 Å². The molecule has 0 spiro atoms. The lowest BCUT2D eigenvalue weighted by molar-refractivity contribution is 0.230.